The van der Waals surface area contributed by atoms with Crippen molar-refractivity contribution in [2.75, 3.05) is 6.54 Å². The third-order valence-electron chi connectivity index (χ3n) is 3.48. The molecule has 1 aliphatic rings. The average molecular weight is 330 g/mol. The number of halogens is 2. The fourth-order valence-electron chi connectivity index (χ4n) is 2.56. The zero-order valence-electron chi connectivity index (χ0n) is 10.6. The monoisotopic (exact) mass is 329 g/mol. The van der Waals surface area contributed by atoms with Crippen LogP contribution in [0.25, 0.3) is 0 Å². The topological polar surface area (TPSA) is 38.1 Å². The highest BCUT2D eigenvalue weighted by Gasteiger charge is 2.31. The minimum Gasteiger partial charge on any atom is -0.334 e. The van der Waals surface area contributed by atoms with Gasteiger partial charge in [-0.1, -0.05) is 23.2 Å². The summed E-state index contributed by atoms with van der Waals surface area (Å²) in [6.07, 6.45) is 5.65. The van der Waals surface area contributed by atoms with Crippen molar-refractivity contribution in [3.8, 4) is 0 Å². The molecule has 1 amide bonds. The van der Waals surface area contributed by atoms with Gasteiger partial charge in [0.05, 0.1) is 22.5 Å². The van der Waals surface area contributed by atoms with Crippen LogP contribution in [0.4, 0.5) is 0 Å². The van der Waals surface area contributed by atoms with Gasteiger partial charge >= 0.3 is 0 Å². The third kappa shape index (κ3) is 2.71. The molecule has 3 heterocycles. The van der Waals surface area contributed by atoms with E-state index in [1.165, 1.54) is 11.3 Å². The fraction of sp³-hybridized carbons (Fsp3) is 0.385. The molecular weight excluding hydrogens is 317 g/mol. The number of hydrogen-bond acceptors (Lipinski definition) is 3. The minimum absolute atomic E-state index is 0.0344. The molecule has 2 aromatic heterocycles. The second kappa shape index (κ2) is 5.76. The summed E-state index contributed by atoms with van der Waals surface area (Å²) in [5.41, 5.74) is 0.508. The van der Waals surface area contributed by atoms with Crippen molar-refractivity contribution in [2.24, 2.45) is 0 Å². The van der Waals surface area contributed by atoms with Gasteiger partial charge in [-0.15, -0.1) is 11.3 Å². The summed E-state index contributed by atoms with van der Waals surface area (Å²) in [5.74, 6) is -0.0344. The quantitative estimate of drug-likeness (QED) is 0.863. The molecule has 1 atom stereocenters. The Bertz CT molecular complexity index is 611. The van der Waals surface area contributed by atoms with Gasteiger partial charge in [-0.05, 0) is 25.0 Å². The third-order valence-corrected chi connectivity index (χ3v) is 4.97. The smallest absolute Gasteiger partial charge is 0.256 e. The van der Waals surface area contributed by atoms with Crippen LogP contribution in [-0.4, -0.2) is 33.2 Å². The lowest BCUT2D eigenvalue weighted by atomic mass is 10.2. The highest BCUT2D eigenvalue weighted by molar-refractivity contribution is 7.20. The first-order chi connectivity index (χ1) is 9.65. The highest BCUT2D eigenvalue weighted by atomic mass is 35.5. The summed E-state index contributed by atoms with van der Waals surface area (Å²) in [6.45, 7) is 1.47. The van der Waals surface area contributed by atoms with Gasteiger partial charge in [0.1, 0.15) is 4.34 Å². The SMILES string of the molecule is O=C(c1cc(Cl)sc1Cl)N1CCCC1Cn1cccn1. The van der Waals surface area contributed by atoms with Crippen LogP contribution in [0.3, 0.4) is 0 Å². The van der Waals surface area contributed by atoms with Gasteiger partial charge in [0.15, 0.2) is 0 Å². The summed E-state index contributed by atoms with van der Waals surface area (Å²) >= 11 is 13.2. The molecule has 106 valence electrons. The maximum atomic E-state index is 12.6. The summed E-state index contributed by atoms with van der Waals surface area (Å²) in [4.78, 5) is 14.5. The summed E-state index contributed by atoms with van der Waals surface area (Å²) in [6, 6.07) is 3.70. The zero-order valence-corrected chi connectivity index (χ0v) is 13.0. The Morgan fingerprint density at radius 3 is 3.00 bits per heavy atom. The first-order valence-corrected chi connectivity index (χ1v) is 7.95. The first-order valence-electron chi connectivity index (χ1n) is 6.38. The van der Waals surface area contributed by atoms with Crippen LogP contribution in [0.5, 0.6) is 0 Å². The lowest BCUT2D eigenvalue weighted by Gasteiger charge is -2.24. The van der Waals surface area contributed by atoms with Gasteiger partial charge in [0.2, 0.25) is 0 Å². The number of thiophene rings is 1. The van der Waals surface area contributed by atoms with E-state index in [2.05, 4.69) is 5.10 Å². The first kappa shape index (κ1) is 13.9. The number of hydrogen-bond donors (Lipinski definition) is 0. The molecule has 0 saturated carbocycles. The second-order valence-corrected chi connectivity index (χ2v) is 7.05. The number of rotatable bonds is 3. The van der Waals surface area contributed by atoms with Crippen LogP contribution in [0.15, 0.2) is 24.5 Å². The van der Waals surface area contributed by atoms with Crippen molar-refractivity contribution < 1.29 is 4.79 Å². The summed E-state index contributed by atoms with van der Waals surface area (Å²) < 4.78 is 2.87. The number of nitrogens with zero attached hydrogens (tertiary/aromatic N) is 3. The minimum atomic E-state index is -0.0344. The molecule has 0 radical (unpaired) electrons. The average Bonchev–Trinajstić information content (AvgIpc) is 3.11. The van der Waals surface area contributed by atoms with Crippen LogP contribution >= 0.6 is 34.5 Å². The predicted molar refractivity (Wildman–Crippen MR) is 80.6 cm³/mol. The van der Waals surface area contributed by atoms with E-state index in [1.807, 2.05) is 21.8 Å². The van der Waals surface area contributed by atoms with E-state index in [4.69, 9.17) is 23.2 Å². The van der Waals surface area contributed by atoms with Crippen LogP contribution in [-0.2, 0) is 6.54 Å². The van der Waals surface area contributed by atoms with Crippen LogP contribution in [0.1, 0.15) is 23.2 Å². The highest BCUT2D eigenvalue weighted by Crippen LogP contribution is 2.33. The van der Waals surface area contributed by atoms with Crippen molar-refractivity contribution in [1.82, 2.24) is 14.7 Å². The van der Waals surface area contributed by atoms with Crippen LogP contribution in [0.2, 0.25) is 8.67 Å². The molecule has 1 saturated heterocycles. The number of carbonyl (C=O) groups is 1. The molecule has 1 unspecified atom stereocenters. The standard InChI is InChI=1S/C13H13Cl2N3OS/c14-11-7-10(12(15)20-11)13(19)18-6-1-3-9(18)8-17-5-2-4-16-17/h2,4-5,7,9H,1,3,6,8H2. The fourth-order valence-corrected chi connectivity index (χ4v) is 4.01. The Balaban J connectivity index is 1.78. The van der Waals surface area contributed by atoms with Gasteiger partial charge in [-0.25, -0.2) is 0 Å². The molecule has 2 aromatic rings. The van der Waals surface area contributed by atoms with E-state index in [0.717, 1.165) is 19.4 Å². The van der Waals surface area contributed by atoms with Crippen molar-refractivity contribution in [3.63, 3.8) is 0 Å². The number of aromatic nitrogens is 2. The Morgan fingerprint density at radius 1 is 1.50 bits per heavy atom. The van der Waals surface area contributed by atoms with Gasteiger partial charge < -0.3 is 4.90 Å². The van der Waals surface area contributed by atoms with Crippen LogP contribution < -0.4 is 0 Å². The number of amides is 1. The molecular formula is C13H13Cl2N3OS. The molecule has 0 aromatic carbocycles. The maximum absolute atomic E-state index is 12.6. The van der Waals surface area contributed by atoms with Gasteiger partial charge in [-0.2, -0.15) is 5.10 Å². The van der Waals surface area contributed by atoms with Crippen molar-refractivity contribution in [1.29, 1.82) is 0 Å². The molecule has 3 rings (SSSR count). The molecule has 0 N–H and O–H groups in total. The van der Waals surface area contributed by atoms with Gasteiger partial charge in [-0.3, -0.25) is 9.48 Å². The normalized spacial score (nSPS) is 18.7. The second-order valence-electron chi connectivity index (χ2n) is 4.76. The Hall–Kier alpha value is -1.04. The molecule has 0 spiro atoms. The van der Waals surface area contributed by atoms with Crippen molar-refractivity contribution >= 4 is 40.4 Å². The molecule has 7 heteroatoms. The molecule has 0 bridgehead atoms. The lowest BCUT2D eigenvalue weighted by Crippen LogP contribution is -2.38. The Labute approximate surface area is 130 Å². The predicted octanol–water partition coefficient (Wildman–Crippen LogP) is 3.56. The summed E-state index contributed by atoms with van der Waals surface area (Å²) in [5, 5.41) is 4.20. The van der Waals surface area contributed by atoms with E-state index in [9.17, 15) is 4.79 Å². The largest absolute Gasteiger partial charge is 0.334 e. The van der Waals surface area contributed by atoms with Gasteiger partial charge in [0.25, 0.3) is 5.91 Å². The Kier molecular flexibility index (Phi) is 4.01. The van der Waals surface area contributed by atoms with Crippen molar-refractivity contribution in [2.45, 2.75) is 25.4 Å². The van der Waals surface area contributed by atoms with E-state index in [-0.39, 0.29) is 11.9 Å². The Morgan fingerprint density at radius 2 is 2.35 bits per heavy atom. The molecule has 0 aliphatic carbocycles. The lowest BCUT2D eigenvalue weighted by molar-refractivity contribution is 0.0722. The molecule has 4 nitrogen and oxygen atoms in total. The van der Waals surface area contributed by atoms with E-state index < -0.39 is 0 Å². The van der Waals surface area contributed by atoms with Crippen LogP contribution in [0, 0.1) is 0 Å². The molecule has 1 fully saturated rings. The van der Waals surface area contributed by atoms with Crippen molar-refractivity contribution in [3.05, 3.63) is 38.8 Å². The van der Waals surface area contributed by atoms with Gasteiger partial charge in [0, 0.05) is 18.9 Å². The van der Waals surface area contributed by atoms with E-state index in [0.29, 0.717) is 20.8 Å². The molecule has 20 heavy (non-hydrogen) atoms. The maximum Gasteiger partial charge on any atom is 0.256 e. The van der Waals surface area contributed by atoms with E-state index >= 15 is 0 Å². The van der Waals surface area contributed by atoms with E-state index in [1.54, 1.807) is 12.3 Å². The number of likely N-dealkylation sites (tertiary alicyclic amines) is 1. The zero-order chi connectivity index (χ0) is 14.1. The molecule has 1 aliphatic heterocycles. The summed E-state index contributed by atoms with van der Waals surface area (Å²) in [7, 11) is 0. The number of carbonyl (C=O) groups excluding carboxylic acids is 1.